The van der Waals surface area contributed by atoms with E-state index in [9.17, 15) is 9.59 Å². The van der Waals surface area contributed by atoms with Gasteiger partial charge in [-0.15, -0.1) is 0 Å². The number of carbonyl (C=O) groups is 2. The first-order valence-corrected chi connectivity index (χ1v) is 11.2. The predicted molar refractivity (Wildman–Crippen MR) is 117 cm³/mol. The number of hydrogen-bond acceptors (Lipinski definition) is 8. The van der Waals surface area contributed by atoms with E-state index in [2.05, 4.69) is 22.6 Å². The van der Waals surface area contributed by atoms with E-state index in [1.807, 2.05) is 19.0 Å². The van der Waals surface area contributed by atoms with Crippen molar-refractivity contribution in [3.8, 4) is 0 Å². The van der Waals surface area contributed by atoms with Crippen molar-refractivity contribution in [3.05, 3.63) is 0 Å². The molecule has 1 aliphatic heterocycles. The molecule has 2 N–H and O–H groups in total. The highest BCUT2D eigenvalue weighted by Gasteiger charge is 2.17. The highest BCUT2D eigenvalue weighted by molar-refractivity contribution is 5.69. The second kappa shape index (κ2) is 17.3. The van der Waals surface area contributed by atoms with Crippen molar-refractivity contribution in [2.45, 2.75) is 44.6 Å². The van der Waals surface area contributed by atoms with E-state index >= 15 is 0 Å². The molecule has 0 radical (unpaired) electrons. The van der Waals surface area contributed by atoms with Gasteiger partial charge in [0.25, 0.3) is 0 Å². The maximum atomic E-state index is 11.7. The van der Waals surface area contributed by atoms with Gasteiger partial charge in [-0.05, 0) is 34.0 Å². The predicted octanol–water partition coefficient (Wildman–Crippen LogP) is 1.08. The smallest absolute Gasteiger partial charge is 0.407 e. The number of rotatable bonds is 16. The fraction of sp³-hybridized carbons (Fsp3) is 0.905. The minimum absolute atomic E-state index is 0.158. The van der Waals surface area contributed by atoms with Crippen molar-refractivity contribution >= 4 is 12.1 Å². The molecule has 0 spiro atoms. The third kappa shape index (κ3) is 15.4. The molecular weight excluding hydrogens is 388 g/mol. The molecule has 9 heteroatoms. The van der Waals surface area contributed by atoms with Gasteiger partial charge < -0.3 is 34.6 Å². The van der Waals surface area contributed by atoms with Crippen LogP contribution >= 0.6 is 0 Å². The van der Waals surface area contributed by atoms with Gasteiger partial charge in [0.2, 0.25) is 0 Å². The van der Waals surface area contributed by atoms with Gasteiger partial charge in [-0.2, -0.15) is 0 Å². The summed E-state index contributed by atoms with van der Waals surface area (Å²) in [6.45, 7) is 6.13. The van der Waals surface area contributed by atoms with Crippen LogP contribution in [0.2, 0.25) is 0 Å². The Morgan fingerprint density at radius 2 is 1.83 bits per heavy atom. The topological polar surface area (TPSA) is 92.4 Å². The molecule has 0 aliphatic carbocycles. The van der Waals surface area contributed by atoms with E-state index < -0.39 is 0 Å². The van der Waals surface area contributed by atoms with Crippen LogP contribution in [-0.4, -0.2) is 108 Å². The summed E-state index contributed by atoms with van der Waals surface area (Å²) in [6.07, 6.45) is 4.89. The van der Waals surface area contributed by atoms with E-state index in [-0.39, 0.29) is 18.1 Å². The molecular formula is C21H42N4O5. The summed E-state index contributed by atoms with van der Waals surface area (Å²) in [7, 11) is 6.05. The fourth-order valence-electron chi connectivity index (χ4n) is 3.08. The van der Waals surface area contributed by atoms with Crippen LogP contribution in [-0.2, 0) is 19.0 Å². The molecule has 1 unspecified atom stereocenters. The lowest BCUT2D eigenvalue weighted by Crippen LogP contribution is -2.51. The second-order valence-corrected chi connectivity index (χ2v) is 8.09. The second-order valence-electron chi connectivity index (χ2n) is 8.09. The molecule has 1 aliphatic rings. The summed E-state index contributed by atoms with van der Waals surface area (Å²) in [5, 5.41) is 6.14. The summed E-state index contributed by atoms with van der Waals surface area (Å²) >= 11 is 0. The van der Waals surface area contributed by atoms with E-state index in [4.69, 9.17) is 14.2 Å². The standard InChI is InChI=1S/C21H42N4O5/c1-24(2)13-14-28-15-16-29-20(26)9-7-5-4-6-8-10-23-21(27)30-18-19-17-25(3)12-11-22-19/h19,22H,4-18H2,1-3H3,(H,23,27). The molecule has 1 rings (SSSR count). The lowest BCUT2D eigenvalue weighted by Gasteiger charge is -2.30. The van der Waals surface area contributed by atoms with Crippen LogP contribution in [0.3, 0.4) is 0 Å². The third-order valence-electron chi connectivity index (χ3n) is 4.87. The van der Waals surface area contributed by atoms with Gasteiger partial charge in [-0.25, -0.2) is 4.79 Å². The monoisotopic (exact) mass is 430 g/mol. The zero-order valence-electron chi connectivity index (χ0n) is 19.1. The van der Waals surface area contributed by atoms with Crippen LogP contribution in [0.4, 0.5) is 4.79 Å². The number of nitrogens with zero attached hydrogens (tertiary/aromatic N) is 2. The van der Waals surface area contributed by atoms with Crippen LogP contribution in [0.5, 0.6) is 0 Å². The number of alkyl carbamates (subject to hydrolysis) is 1. The molecule has 0 bridgehead atoms. The van der Waals surface area contributed by atoms with Crippen LogP contribution in [0.1, 0.15) is 38.5 Å². The molecule has 0 aromatic carbocycles. The minimum atomic E-state index is -0.349. The Kier molecular flexibility index (Phi) is 15.3. The molecule has 1 atom stereocenters. The van der Waals surface area contributed by atoms with Crippen molar-refractivity contribution in [1.82, 2.24) is 20.4 Å². The van der Waals surface area contributed by atoms with E-state index in [1.54, 1.807) is 0 Å². The molecule has 30 heavy (non-hydrogen) atoms. The first kappa shape index (κ1) is 26.6. The van der Waals surface area contributed by atoms with Crippen molar-refractivity contribution < 1.29 is 23.8 Å². The van der Waals surface area contributed by atoms with Crippen LogP contribution in [0.15, 0.2) is 0 Å². The van der Waals surface area contributed by atoms with Crippen molar-refractivity contribution in [1.29, 1.82) is 0 Å². The minimum Gasteiger partial charge on any atom is -0.463 e. The number of nitrogens with one attached hydrogen (secondary N) is 2. The Hall–Kier alpha value is -1.42. The quantitative estimate of drug-likeness (QED) is 0.278. The van der Waals surface area contributed by atoms with Gasteiger partial charge >= 0.3 is 12.1 Å². The van der Waals surface area contributed by atoms with Gasteiger partial charge in [0.05, 0.1) is 19.3 Å². The molecule has 1 saturated heterocycles. The van der Waals surface area contributed by atoms with Gasteiger partial charge in [0.1, 0.15) is 13.2 Å². The summed E-state index contributed by atoms with van der Waals surface area (Å²) in [4.78, 5) is 27.6. The van der Waals surface area contributed by atoms with Crippen LogP contribution in [0, 0.1) is 0 Å². The molecule has 1 amide bonds. The molecule has 1 heterocycles. The normalized spacial score (nSPS) is 17.1. The SMILES string of the molecule is CN(C)CCOCCOC(=O)CCCCCCCNC(=O)OCC1CN(C)CCN1. The Bertz CT molecular complexity index is 465. The van der Waals surface area contributed by atoms with Crippen molar-refractivity contribution in [3.63, 3.8) is 0 Å². The third-order valence-corrected chi connectivity index (χ3v) is 4.87. The number of likely N-dealkylation sites (N-methyl/N-ethyl adjacent to an activating group) is 2. The number of hydrogen-bond donors (Lipinski definition) is 2. The number of carbonyl (C=O) groups excluding carboxylic acids is 2. The first-order valence-electron chi connectivity index (χ1n) is 11.2. The number of amides is 1. The fourth-order valence-corrected chi connectivity index (χ4v) is 3.08. The first-order chi connectivity index (χ1) is 14.5. The summed E-state index contributed by atoms with van der Waals surface area (Å²) < 4.78 is 15.8. The lowest BCUT2D eigenvalue weighted by molar-refractivity contribution is -0.145. The van der Waals surface area contributed by atoms with E-state index in [1.165, 1.54) is 0 Å². The van der Waals surface area contributed by atoms with Gasteiger partial charge in [0, 0.05) is 39.1 Å². The molecule has 0 aromatic rings. The highest BCUT2D eigenvalue weighted by Crippen LogP contribution is 2.06. The Labute approximate surface area is 181 Å². The molecule has 0 aromatic heterocycles. The highest BCUT2D eigenvalue weighted by atomic mass is 16.6. The van der Waals surface area contributed by atoms with Crippen molar-refractivity contribution in [2.75, 3.05) is 80.3 Å². The van der Waals surface area contributed by atoms with E-state index in [0.717, 1.165) is 58.3 Å². The molecule has 176 valence electrons. The number of ether oxygens (including phenoxy) is 3. The maximum Gasteiger partial charge on any atom is 0.407 e. The summed E-state index contributed by atoms with van der Waals surface area (Å²) in [6, 6.07) is 0.205. The van der Waals surface area contributed by atoms with Gasteiger partial charge in [0.15, 0.2) is 0 Å². The van der Waals surface area contributed by atoms with Crippen LogP contribution < -0.4 is 10.6 Å². The summed E-state index contributed by atoms with van der Waals surface area (Å²) in [5.74, 6) is -0.158. The Morgan fingerprint density at radius 1 is 1.07 bits per heavy atom. The number of unbranched alkanes of at least 4 members (excludes halogenated alkanes) is 4. The Morgan fingerprint density at radius 3 is 2.60 bits per heavy atom. The zero-order chi connectivity index (χ0) is 22.0. The number of esters is 1. The average molecular weight is 431 g/mol. The number of piperazine rings is 1. The van der Waals surface area contributed by atoms with Crippen molar-refractivity contribution in [2.24, 2.45) is 0 Å². The Balaban J connectivity index is 1.83. The zero-order valence-corrected chi connectivity index (χ0v) is 19.1. The van der Waals surface area contributed by atoms with E-state index in [0.29, 0.717) is 39.4 Å². The molecule has 0 saturated carbocycles. The van der Waals surface area contributed by atoms with Gasteiger partial charge in [-0.1, -0.05) is 19.3 Å². The lowest BCUT2D eigenvalue weighted by atomic mass is 10.1. The molecule has 9 nitrogen and oxygen atoms in total. The van der Waals surface area contributed by atoms with Gasteiger partial charge in [-0.3, -0.25) is 4.79 Å². The maximum absolute atomic E-state index is 11.7. The molecule has 1 fully saturated rings. The largest absolute Gasteiger partial charge is 0.463 e. The van der Waals surface area contributed by atoms with Crippen LogP contribution in [0.25, 0.3) is 0 Å². The average Bonchev–Trinajstić information content (AvgIpc) is 2.70. The summed E-state index contributed by atoms with van der Waals surface area (Å²) in [5.41, 5.74) is 0.